The minimum Gasteiger partial charge on any atom is -0.399 e. The Balaban J connectivity index is 1.67. The topological polar surface area (TPSA) is 29.3 Å². The third-order valence-corrected chi connectivity index (χ3v) is 4.85. The molecule has 18 heavy (non-hydrogen) atoms. The van der Waals surface area contributed by atoms with Gasteiger partial charge in [-0.2, -0.15) is 0 Å². The van der Waals surface area contributed by atoms with Gasteiger partial charge in [0.2, 0.25) is 0 Å². The predicted octanol–water partition coefficient (Wildman–Crippen LogP) is 3.03. The van der Waals surface area contributed by atoms with Gasteiger partial charge in [-0.15, -0.1) is 0 Å². The van der Waals surface area contributed by atoms with Gasteiger partial charge in [0.25, 0.3) is 0 Å². The Hall–Kier alpha value is -1.02. The normalized spacial score (nSPS) is 26.4. The molecule has 2 heteroatoms. The second-order valence-corrected chi connectivity index (χ2v) is 6.20. The highest BCUT2D eigenvalue weighted by Gasteiger charge is 2.45. The highest BCUT2D eigenvalue weighted by Crippen LogP contribution is 2.49. The second-order valence-electron chi connectivity index (χ2n) is 6.20. The fraction of sp³-hybridized carbons (Fsp3) is 0.625. The molecule has 2 aliphatic rings. The summed E-state index contributed by atoms with van der Waals surface area (Å²) in [4.78, 5) is 2.68. The second kappa shape index (κ2) is 4.58. The van der Waals surface area contributed by atoms with Crippen LogP contribution in [0.2, 0.25) is 0 Å². The first kappa shape index (κ1) is 12.0. The first-order valence-corrected chi connectivity index (χ1v) is 7.30. The molecular formula is C16H24N2. The van der Waals surface area contributed by atoms with Gasteiger partial charge in [-0.05, 0) is 49.4 Å². The van der Waals surface area contributed by atoms with Gasteiger partial charge in [-0.25, -0.2) is 0 Å². The van der Waals surface area contributed by atoms with Gasteiger partial charge in [0.05, 0.1) is 0 Å². The maximum Gasteiger partial charge on any atom is 0.0314 e. The Bertz CT molecular complexity index is 406. The standard InChI is InChI=1S/C16H24N2/c1-2-13-7-10-18(11-13)12-16(8-9-16)14-3-5-15(17)6-4-14/h3-6,13H,2,7-12,17H2,1H3. The molecule has 1 unspecified atom stereocenters. The number of hydrogen-bond acceptors (Lipinski definition) is 2. The quantitative estimate of drug-likeness (QED) is 0.825. The summed E-state index contributed by atoms with van der Waals surface area (Å²) in [7, 11) is 0. The van der Waals surface area contributed by atoms with Crippen LogP contribution in [-0.4, -0.2) is 24.5 Å². The van der Waals surface area contributed by atoms with Gasteiger partial charge in [0.1, 0.15) is 0 Å². The fourth-order valence-electron chi connectivity index (χ4n) is 3.34. The lowest BCUT2D eigenvalue weighted by Crippen LogP contribution is -2.30. The molecule has 2 nitrogen and oxygen atoms in total. The van der Waals surface area contributed by atoms with Crippen molar-refractivity contribution < 1.29 is 0 Å². The van der Waals surface area contributed by atoms with Crippen LogP contribution in [0.15, 0.2) is 24.3 Å². The third kappa shape index (κ3) is 2.26. The van der Waals surface area contributed by atoms with Gasteiger partial charge in [0, 0.05) is 24.2 Å². The molecule has 0 amide bonds. The van der Waals surface area contributed by atoms with Crippen molar-refractivity contribution in [2.24, 2.45) is 5.92 Å². The number of nitrogen functional groups attached to an aromatic ring is 1. The summed E-state index contributed by atoms with van der Waals surface area (Å²) in [6, 6.07) is 8.56. The van der Waals surface area contributed by atoms with Crippen molar-refractivity contribution >= 4 is 5.69 Å². The minimum atomic E-state index is 0.455. The van der Waals surface area contributed by atoms with Crippen molar-refractivity contribution in [3.63, 3.8) is 0 Å². The zero-order valence-corrected chi connectivity index (χ0v) is 11.4. The maximum atomic E-state index is 5.78. The van der Waals surface area contributed by atoms with Crippen LogP contribution in [0.5, 0.6) is 0 Å². The number of rotatable bonds is 4. The summed E-state index contributed by atoms with van der Waals surface area (Å²) in [5, 5.41) is 0. The Labute approximate surface area is 110 Å². The molecule has 0 spiro atoms. The van der Waals surface area contributed by atoms with E-state index < -0.39 is 0 Å². The number of nitrogens with zero attached hydrogens (tertiary/aromatic N) is 1. The van der Waals surface area contributed by atoms with E-state index in [4.69, 9.17) is 5.73 Å². The summed E-state index contributed by atoms with van der Waals surface area (Å²) in [6.45, 7) is 6.19. The van der Waals surface area contributed by atoms with Gasteiger partial charge >= 0.3 is 0 Å². The van der Waals surface area contributed by atoms with Crippen molar-refractivity contribution in [1.29, 1.82) is 0 Å². The maximum absolute atomic E-state index is 5.78. The first-order chi connectivity index (χ1) is 8.72. The highest BCUT2D eigenvalue weighted by atomic mass is 15.2. The first-order valence-electron chi connectivity index (χ1n) is 7.30. The Kier molecular flexibility index (Phi) is 3.06. The molecule has 0 aromatic heterocycles. The Morgan fingerprint density at radius 2 is 2.00 bits per heavy atom. The predicted molar refractivity (Wildman–Crippen MR) is 76.6 cm³/mol. The number of likely N-dealkylation sites (tertiary alicyclic amines) is 1. The molecule has 1 heterocycles. The Morgan fingerprint density at radius 1 is 1.28 bits per heavy atom. The summed E-state index contributed by atoms with van der Waals surface area (Å²) in [5.41, 5.74) is 8.61. The van der Waals surface area contributed by atoms with Crippen LogP contribution in [0.1, 0.15) is 38.2 Å². The van der Waals surface area contributed by atoms with Crippen LogP contribution in [0.25, 0.3) is 0 Å². The van der Waals surface area contributed by atoms with Gasteiger partial charge in [-0.1, -0.05) is 25.5 Å². The van der Waals surface area contributed by atoms with Gasteiger partial charge in [0.15, 0.2) is 0 Å². The van der Waals surface area contributed by atoms with E-state index >= 15 is 0 Å². The monoisotopic (exact) mass is 244 g/mol. The van der Waals surface area contributed by atoms with Crippen LogP contribution in [0.4, 0.5) is 5.69 Å². The molecule has 0 radical (unpaired) electrons. The SMILES string of the molecule is CCC1CCN(CC2(c3ccc(N)cc3)CC2)C1. The molecule has 1 aromatic carbocycles. The lowest BCUT2D eigenvalue weighted by molar-refractivity contribution is 0.292. The summed E-state index contributed by atoms with van der Waals surface area (Å²) < 4.78 is 0. The number of benzene rings is 1. The van der Waals surface area contributed by atoms with Crippen molar-refractivity contribution in [3.05, 3.63) is 29.8 Å². The molecule has 1 atom stereocenters. The number of hydrogen-bond donors (Lipinski definition) is 1. The van der Waals surface area contributed by atoms with E-state index in [0.717, 1.165) is 11.6 Å². The number of anilines is 1. The average Bonchev–Trinajstić information content (AvgIpc) is 3.01. The molecule has 0 bridgehead atoms. The minimum absolute atomic E-state index is 0.455. The van der Waals surface area contributed by atoms with Crippen LogP contribution in [0.3, 0.4) is 0 Å². The number of nitrogens with two attached hydrogens (primary N) is 1. The van der Waals surface area contributed by atoms with Crippen LogP contribution in [-0.2, 0) is 5.41 Å². The van der Waals surface area contributed by atoms with E-state index in [1.165, 1.54) is 50.9 Å². The van der Waals surface area contributed by atoms with Crippen molar-refractivity contribution in [2.45, 2.75) is 38.0 Å². The molecule has 3 rings (SSSR count). The van der Waals surface area contributed by atoms with Gasteiger partial charge in [-0.3, -0.25) is 0 Å². The van der Waals surface area contributed by atoms with E-state index in [2.05, 4.69) is 24.0 Å². The van der Waals surface area contributed by atoms with E-state index in [0.29, 0.717) is 5.41 Å². The lowest BCUT2D eigenvalue weighted by Gasteiger charge is -2.24. The molecule has 1 aromatic rings. The summed E-state index contributed by atoms with van der Waals surface area (Å²) in [6.07, 6.45) is 5.44. The smallest absolute Gasteiger partial charge is 0.0314 e. The average molecular weight is 244 g/mol. The van der Waals surface area contributed by atoms with Crippen LogP contribution >= 0.6 is 0 Å². The molecule has 1 aliphatic heterocycles. The zero-order chi connectivity index (χ0) is 12.6. The van der Waals surface area contributed by atoms with E-state index in [-0.39, 0.29) is 0 Å². The molecule has 1 aliphatic carbocycles. The molecule has 1 saturated carbocycles. The third-order valence-electron chi connectivity index (χ3n) is 4.85. The summed E-state index contributed by atoms with van der Waals surface area (Å²) in [5.74, 6) is 0.937. The van der Waals surface area contributed by atoms with Crippen molar-refractivity contribution in [2.75, 3.05) is 25.4 Å². The van der Waals surface area contributed by atoms with Crippen LogP contribution in [0, 0.1) is 5.92 Å². The fourth-order valence-corrected chi connectivity index (χ4v) is 3.34. The molecule has 1 saturated heterocycles. The largest absolute Gasteiger partial charge is 0.399 e. The van der Waals surface area contributed by atoms with E-state index in [1.807, 2.05) is 12.1 Å². The van der Waals surface area contributed by atoms with Crippen molar-refractivity contribution in [3.8, 4) is 0 Å². The molecule has 98 valence electrons. The van der Waals surface area contributed by atoms with E-state index in [9.17, 15) is 0 Å². The zero-order valence-electron chi connectivity index (χ0n) is 11.4. The summed E-state index contributed by atoms with van der Waals surface area (Å²) >= 11 is 0. The molecular weight excluding hydrogens is 220 g/mol. The highest BCUT2D eigenvalue weighted by molar-refractivity contribution is 5.43. The molecule has 2 N–H and O–H groups in total. The van der Waals surface area contributed by atoms with Crippen molar-refractivity contribution in [1.82, 2.24) is 4.90 Å². The van der Waals surface area contributed by atoms with E-state index in [1.54, 1.807) is 0 Å². The van der Waals surface area contributed by atoms with Gasteiger partial charge < -0.3 is 10.6 Å². The van der Waals surface area contributed by atoms with Crippen LogP contribution < -0.4 is 5.73 Å². The Morgan fingerprint density at radius 3 is 2.56 bits per heavy atom. The molecule has 2 fully saturated rings. The lowest BCUT2D eigenvalue weighted by atomic mass is 9.95.